The molecular weight excluding hydrogens is 204 g/mol. The van der Waals surface area contributed by atoms with Crippen LogP contribution in [0.5, 0.6) is 0 Å². The Hall–Kier alpha value is -1.58. The van der Waals surface area contributed by atoms with E-state index in [1.54, 1.807) is 0 Å². The topological polar surface area (TPSA) is 62.0 Å². The molecule has 16 heavy (non-hydrogen) atoms. The molecule has 0 unspecified atom stereocenters. The van der Waals surface area contributed by atoms with Gasteiger partial charge in [0.15, 0.2) is 0 Å². The fraction of sp³-hybridized carbons (Fsp3) is 0.500. The molecule has 4 nitrogen and oxygen atoms in total. The van der Waals surface area contributed by atoms with Gasteiger partial charge in [0.25, 0.3) is 0 Å². The predicted octanol–water partition coefficient (Wildman–Crippen LogP) is 1.39. The van der Waals surface area contributed by atoms with Crippen LogP contribution in [-0.4, -0.2) is 16.7 Å². The second kappa shape index (κ2) is 4.96. The average molecular weight is 220 g/mol. The molecular formula is C12H16N2O2. The molecule has 4 heteroatoms. The van der Waals surface area contributed by atoms with E-state index in [4.69, 9.17) is 0 Å². The summed E-state index contributed by atoms with van der Waals surface area (Å²) in [5.74, 6) is 0.389. The van der Waals surface area contributed by atoms with E-state index in [1.165, 1.54) is 0 Å². The van der Waals surface area contributed by atoms with Gasteiger partial charge in [0.1, 0.15) is 5.78 Å². The van der Waals surface area contributed by atoms with E-state index >= 15 is 0 Å². The van der Waals surface area contributed by atoms with Crippen molar-refractivity contribution in [3.05, 3.63) is 24.0 Å². The number of rotatable bonds is 3. The zero-order valence-corrected chi connectivity index (χ0v) is 9.16. The number of amides is 1. The van der Waals surface area contributed by atoms with Crippen molar-refractivity contribution in [1.29, 1.82) is 0 Å². The van der Waals surface area contributed by atoms with Gasteiger partial charge >= 0.3 is 0 Å². The van der Waals surface area contributed by atoms with Gasteiger partial charge in [0.2, 0.25) is 5.91 Å². The first-order valence-corrected chi connectivity index (χ1v) is 5.67. The van der Waals surface area contributed by atoms with Crippen molar-refractivity contribution < 1.29 is 9.59 Å². The quantitative estimate of drug-likeness (QED) is 0.808. The highest BCUT2D eigenvalue weighted by atomic mass is 16.2. The minimum Gasteiger partial charge on any atom is -0.367 e. The fourth-order valence-electron chi connectivity index (χ4n) is 2.00. The highest BCUT2D eigenvalue weighted by molar-refractivity contribution is 5.84. The Morgan fingerprint density at radius 2 is 2.19 bits per heavy atom. The van der Waals surface area contributed by atoms with Gasteiger partial charge in [-0.05, 0) is 24.5 Å². The van der Waals surface area contributed by atoms with Crippen molar-refractivity contribution in [2.45, 2.75) is 32.2 Å². The summed E-state index contributed by atoms with van der Waals surface area (Å²) < 4.78 is 0. The molecule has 1 saturated carbocycles. The van der Waals surface area contributed by atoms with Gasteiger partial charge in [-0.15, -0.1) is 0 Å². The SMILES string of the molecule is O=C1CCC(C(=O)NCc2cc[nH]c2)CC1. The molecule has 1 aliphatic carbocycles. The third kappa shape index (κ3) is 2.72. The molecule has 1 fully saturated rings. The maximum atomic E-state index is 11.8. The second-order valence-electron chi connectivity index (χ2n) is 4.25. The summed E-state index contributed by atoms with van der Waals surface area (Å²) in [6.07, 6.45) is 6.23. The van der Waals surface area contributed by atoms with Crippen molar-refractivity contribution in [1.82, 2.24) is 10.3 Å². The van der Waals surface area contributed by atoms with E-state index in [-0.39, 0.29) is 17.6 Å². The van der Waals surface area contributed by atoms with Crippen LogP contribution in [0.3, 0.4) is 0 Å². The minimum absolute atomic E-state index is 0.0247. The van der Waals surface area contributed by atoms with Crippen molar-refractivity contribution in [3.8, 4) is 0 Å². The van der Waals surface area contributed by atoms with E-state index in [2.05, 4.69) is 10.3 Å². The van der Waals surface area contributed by atoms with E-state index < -0.39 is 0 Å². The smallest absolute Gasteiger partial charge is 0.223 e. The number of H-pyrrole nitrogens is 1. The highest BCUT2D eigenvalue weighted by Crippen LogP contribution is 2.21. The molecule has 0 radical (unpaired) electrons. The molecule has 0 atom stereocenters. The van der Waals surface area contributed by atoms with Crippen molar-refractivity contribution in [2.24, 2.45) is 5.92 Å². The lowest BCUT2D eigenvalue weighted by Gasteiger charge is -2.19. The number of aromatic nitrogens is 1. The van der Waals surface area contributed by atoms with E-state index in [0.717, 1.165) is 5.56 Å². The van der Waals surface area contributed by atoms with Gasteiger partial charge < -0.3 is 10.3 Å². The monoisotopic (exact) mass is 220 g/mol. The number of carbonyl (C=O) groups is 2. The van der Waals surface area contributed by atoms with Crippen LogP contribution in [-0.2, 0) is 16.1 Å². The minimum atomic E-state index is 0.0247. The van der Waals surface area contributed by atoms with Gasteiger partial charge in [-0.25, -0.2) is 0 Å². The summed E-state index contributed by atoms with van der Waals surface area (Å²) in [5, 5.41) is 2.90. The van der Waals surface area contributed by atoms with Crippen LogP contribution in [0.1, 0.15) is 31.2 Å². The summed E-state index contributed by atoms with van der Waals surface area (Å²) in [7, 11) is 0. The highest BCUT2D eigenvalue weighted by Gasteiger charge is 2.24. The number of hydrogen-bond acceptors (Lipinski definition) is 2. The van der Waals surface area contributed by atoms with Crippen LogP contribution in [0.15, 0.2) is 18.5 Å². The fourth-order valence-corrected chi connectivity index (χ4v) is 2.00. The predicted molar refractivity (Wildman–Crippen MR) is 59.6 cm³/mol. The Labute approximate surface area is 94.4 Å². The normalized spacial score (nSPS) is 17.4. The Bertz CT molecular complexity index is 360. The molecule has 1 aromatic rings. The third-order valence-electron chi connectivity index (χ3n) is 3.04. The average Bonchev–Trinajstić information content (AvgIpc) is 2.80. The maximum absolute atomic E-state index is 11.8. The molecule has 1 aliphatic rings. The Balaban J connectivity index is 1.77. The number of carbonyl (C=O) groups excluding carboxylic acids is 2. The first-order valence-electron chi connectivity index (χ1n) is 5.67. The van der Waals surface area contributed by atoms with Crippen LogP contribution >= 0.6 is 0 Å². The van der Waals surface area contributed by atoms with Gasteiger partial charge in [-0.2, -0.15) is 0 Å². The first kappa shape index (κ1) is 10.9. The zero-order valence-electron chi connectivity index (χ0n) is 9.16. The molecule has 2 N–H and O–H groups in total. The van der Waals surface area contributed by atoms with Gasteiger partial charge in [0, 0.05) is 37.7 Å². The van der Waals surface area contributed by atoms with Gasteiger partial charge in [-0.3, -0.25) is 9.59 Å². The molecule has 0 spiro atoms. The number of aromatic amines is 1. The molecule has 1 aromatic heterocycles. The number of ketones is 1. The number of Topliss-reactive ketones (excluding diaryl/α,β-unsaturated/α-hetero) is 1. The molecule has 1 heterocycles. The molecule has 86 valence electrons. The van der Waals surface area contributed by atoms with E-state index in [0.29, 0.717) is 32.2 Å². The van der Waals surface area contributed by atoms with E-state index in [9.17, 15) is 9.59 Å². The Morgan fingerprint density at radius 3 is 2.81 bits per heavy atom. The number of nitrogens with one attached hydrogen (secondary N) is 2. The molecule has 0 aliphatic heterocycles. The van der Waals surface area contributed by atoms with Crippen molar-refractivity contribution >= 4 is 11.7 Å². The number of hydrogen-bond donors (Lipinski definition) is 2. The van der Waals surface area contributed by atoms with Gasteiger partial charge in [-0.1, -0.05) is 0 Å². The van der Waals surface area contributed by atoms with Crippen LogP contribution in [0, 0.1) is 5.92 Å². The summed E-state index contributed by atoms with van der Waals surface area (Å²) >= 11 is 0. The molecule has 0 bridgehead atoms. The lowest BCUT2D eigenvalue weighted by atomic mass is 9.88. The van der Waals surface area contributed by atoms with Crippen molar-refractivity contribution in [3.63, 3.8) is 0 Å². The summed E-state index contributed by atoms with van der Waals surface area (Å²) in [6, 6.07) is 1.94. The zero-order chi connectivity index (χ0) is 11.4. The second-order valence-corrected chi connectivity index (χ2v) is 4.25. The molecule has 2 rings (SSSR count). The first-order chi connectivity index (χ1) is 7.75. The maximum Gasteiger partial charge on any atom is 0.223 e. The third-order valence-corrected chi connectivity index (χ3v) is 3.04. The van der Waals surface area contributed by atoms with Crippen LogP contribution < -0.4 is 5.32 Å². The lowest BCUT2D eigenvalue weighted by molar-refractivity contribution is -0.128. The Kier molecular flexibility index (Phi) is 3.39. The summed E-state index contributed by atoms with van der Waals surface area (Å²) in [4.78, 5) is 25.8. The van der Waals surface area contributed by atoms with Gasteiger partial charge in [0.05, 0.1) is 0 Å². The summed E-state index contributed by atoms with van der Waals surface area (Å²) in [6.45, 7) is 0.562. The van der Waals surface area contributed by atoms with E-state index in [1.807, 2.05) is 18.5 Å². The largest absolute Gasteiger partial charge is 0.367 e. The van der Waals surface area contributed by atoms with Crippen molar-refractivity contribution in [2.75, 3.05) is 0 Å². The molecule has 0 saturated heterocycles. The van der Waals surface area contributed by atoms with Crippen LogP contribution in [0.4, 0.5) is 0 Å². The van der Waals surface area contributed by atoms with Crippen LogP contribution in [0.25, 0.3) is 0 Å². The molecule has 0 aromatic carbocycles. The Morgan fingerprint density at radius 1 is 1.44 bits per heavy atom. The standard InChI is InChI=1S/C12H16N2O2/c15-11-3-1-10(2-4-11)12(16)14-8-9-5-6-13-7-9/h5-7,10,13H,1-4,8H2,(H,14,16). The molecule has 1 amide bonds. The summed E-state index contributed by atoms with van der Waals surface area (Å²) in [5.41, 5.74) is 1.07. The lowest BCUT2D eigenvalue weighted by Crippen LogP contribution is -2.32. The van der Waals surface area contributed by atoms with Crippen LogP contribution in [0.2, 0.25) is 0 Å².